The van der Waals surface area contributed by atoms with Gasteiger partial charge in [-0.15, -0.1) is 0 Å². The highest BCUT2D eigenvalue weighted by atomic mass is 32.2. The van der Waals surface area contributed by atoms with Gasteiger partial charge in [0.1, 0.15) is 0 Å². The number of aromatic nitrogens is 2. The summed E-state index contributed by atoms with van der Waals surface area (Å²) >= 11 is 1.81. The number of hydrogen-bond acceptors (Lipinski definition) is 8. The van der Waals surface area contributed by atoms with Crippen LogP contribution >= 0.6 is 11.8 Å². The third-order valence-electron chi connectivity index (χ3n) is 6.71. The predicted octanol–water partition coefficient (Wildman–Crippen LogP) is 2.45. The molecule has 0 saturated heterocycles. The normalized spacial score (nSPS) is 30.8. The Bertz CT molecular complexity index is 1010. The van der Waals surface area contributed by atoms with Gasteiger partial charge in [-0.25, -0.2) is 9.37 Å². The van der Waals surface area contributed by atoms with E-state index in [-0.39, 0.29) is 60.8 Å². The van der Waals surface area contributed by atoms with Crippen LogP contribution in [0.25, 0.3) is 0 Å². The summed E-state index contributed by atoms with van der Waals surface area (Å²) in [5.74, 6) is 0.0963. The van der Waals surface area contributed by atoms with Crippen molar-refractivity contribution in [2.24, 2.45) is 23.5 Å². The van der Waals surface area contributed by atoms with E-state index in [2.05, 4.69) is 20.6 Å². The van der Waals surface area contributed by atoms with E-state index < -0.39 is 5.82 Å². The number of nitrogens with zero attached hydrogens (tertiary/aromatic N) is 2. The Kier molecular flexibility index (Phi) is 5.92. The SMILES string of the molecule is NC(=O)[C@@H]1C2Nc3nc(ncc3F)Nc3cccc(c3)C(OCCO)CS[C@@H]3C[C@@H]1C[C@@H]23. The van der Waals surface area contributed by atoms with Gasteiger partial charge < -0.3 is 26.2 Å². The summed E-state index contributed by atoms with van der Waals surface area (Å²) in [5.41, 5.74) is 7.47. The number of nitrogens with one attached hydrogen (secondary N) is 2. The lowest BCUT2D eigenvalue weighted by molar-refractivity contribution is -0.123. The molecule has 32 heavy (non-hydrogen) atoms. The summed E-state index contributed by atoms with van der Waals surface area (Å²) in [7, 11) is 0. The summed E-state index contributed by atoms with van der Waals surface area (Å²) in [5, 5.41) is 15.9. The Balaban J connectivity index is 1.53. The number of carbonyl (C=O) groups is 1. The molecule has 1 aromatic heterocycles. The highest BCUT2D eigenvalue weighted by Gasteiger charge is 2.55. The Morgan fingerprint density at radius 3 is 3.06 bits per heavy atom. The zero-order chi connectivity index (χ0) is 22.2. The van der Waals surface area contributed by atoms with Crippen LogP contribution in [0.4, 0.5) is 21.8 Å². The van der Waals surface area contributed by atoms with Crippen LogP contribution in [-0.2, 0) is 9.53 Å². The molecule has 0 spiro atoms. The largest absolute Gasteiger partial charge is 0.394 e. The lowest BCUT2D eigenvalue weighted by atomic mass is 9.83. The molecular weight excluding hydrogens is 433 g/mol. The van der Waals surface area contributed by atoms with Crippen molar-refractivity contribution in [1.82, 2.24) is 9.97 Å². The molecule has 5 rings (SSSR count). The van der Waals surface area contributed by atoms with Crippen molar-refractivity contribution in [3.63, 3.8) is 0 Å². The van der Waals surface area contributed by atoms with E-state index >= 15 is 0 Å². The molecular formula is C22H26FN5O3S. The zero-order valence-corrected chi connectivity index (χ0v) is 18.2. The average Bonchev–Trinajstić information content (AvgIpc) is 3.34. The molecule has 2 heterocycles. The Labute approximate surface area is 189 Å². The van der Waals surface area contributed by atoms with Crippen molar-refractivity contribution in [3.05, 3.63) is 41.8 Å². The van der Waals surface area contributed by atoms with E-state index in [1.165, 1.54) is 0 Å². The molecule has 5 N–H and O–H groups in total. The van der Waals surface area contributed by atoms with Gasteiger partial charge in [0.05, 0.1) is 31.4 Å². The lowest BCUT2D eigenvalue weighted by Gasteiger charge is -2.35. The third kappa shape index (κ3) is 4.02. The highest BCUT2D eigenvalue weighted by molar-refractivity contribution is 7.99. The van der Waals surface area contributed by atoms with Gasteiger partial charge >= 0.3 is 0 Å². The van der Waals surface area contributed by atoms with Crippen LogP contribution in [0, 0.1) is 23.6 Å². The number of amides is 1. The maximum atomic E-state index is 14.6. The molecule has 3 aliphatic rings. The molecule has 1 aliphatic heterocycles. The number of benzene rings is 1. The smallest absolute Gasteiger partial charge is 0.229 e. The van der Waals surface area contributed by atoms with Gasteiger partial charge in [-0.2, -0.15) is 16.7 Å². The van der Waals surface area contributed by atoms with Crippen molar-refractivity contribution in [3.8, 4) is 0 Å². The van der Waals surface area contributed by atoms with Crippen molar-refractivity contribution >= 4 is 35.1 Å². The summed E-state index contributed by atoms with van der Waals surface area (Å²) in [6, 6.07) is 7.46. The van der Waals surface area contributed by atoms with Gasteiger partial charge in [0.2, 0.25) is 11.9 Å². The van der Waals surface area contributed by atoms with Crippen molar-refractivity contribution < 1.29 is 19.0 Å². The standard InChI is InChI=1S/C22H26FN5O3S/c23-15-9-25-22-26-13-3-1-2-11(6-13)16(31-5-4-29)10-32-17-8-12-7-14(17)19(18(12)20(24)30)27-21(15)28-22/h1-3,6,9,12,14,16-19,29H,4-5,7-8,10H2,(H2,24,30)(H2,25,26,27,28)/t12-,14+,16?,17+,18-,19?/m0/s1. The Hall–Kier alpha value is -2.43. The van der Waals surface area contributed by atoms with Gasteiger partial charge in [0.25, 0.3) is 0 Å². The molecule has 8 nitrogen and oxygen atoms in total. The number of nitrogens with two attached hydrogens (primary N) is 1. The van der Waals surface area contributed by atoms with E-state index in [0.717, 1.165) is 30.3 Å². The molecule has 0 radical (unpaired) electrons. The fraction of sp³-hybridized carbons (Fsp3) is 0.500. The van der Waals surface area contributed by atoms with Crippen LogP contribution in [0.1, 0.15) is 24.5 Å². The number of thioether (sulfide) groups is 1. The predicted molar refractivity (Wildman–Crippen MR) is 120 cm³/mol. The molecule has 2 aromatic rings. The van der Waals surface area contributed by atoms with Crippen LogP contribution in [0.5, 0.6) is 0 Å². The first-order valence-corrected chi connectivity index (χ1v) is 11.9. The van der Waals surface area contributed by atoms with Gasteiger partial charge in [-0.1, -0.05) is 12.1 Å². The summed E-state index contributed by atoms with van der Waals surface area (Å²) < 4.78 is 20.5. The second-order valence-electron chi connectivity index (χ2n) is 8.59. The van der Waals surface area contributed by atoms with Crippen LogP contribution in [-0.4, -0.2) is 51.2 Å². The van der Waals surface area contributed by atoms with Crippen LogP contribution in [0.3, 0.4) is 0 Å². The summed E-state index contributed by atoms with van der Waals surface area (Å²) in [4.78, 5) is 20.7. The number of ether oxygens (including phenoxy) is 1. The Morgan fingerprint density at radius 1 is 1.38 bits per heavy atom. The number of aliphatic hydroxyl groups is 1. The van der Waals surface area contributed by atoms with Gasteiger partial charge in [0.15, 0.2) is 11.6 Å². The number of fused-ring (bicyclic) bond motifs is 5. The number of rotatable bonds is 4. The maximum Gasteiger partial charge on any atom is 0.229 e. The molecule has 6 bridgehead atoms. The fourth-order valence-electron chi connectivity index (χ4n) is 5.38. The first-order valence-electron chi connectivity index (χ1n) is 10.8. The van der Waals surface area contributed by atoms with Gasteiger partial charge in [-0.05, 0) is 42.4 Å². The van der Waals surface area contributed by atoms with Crippen molar-refractivity contribution in [2.75, 3.05) is 29.6 Å². The van der Waals surface area contributed by atoms with E-state index in [9.17, 15) is 14.3 Å². The third-order valence-corrected chi connectivity index (χ3v) is 8.17. The van der Waals surface area contributed by atoms with E-state index in [1.54, 1.807) is 0 Å². The maximum absolute atomic E-state index is 14.6. The number of anilines is 3. The Morgan fingerprint density at radius 2 is 2.25 bits per heavy atom. The minimum absolute atomic E-state index is 0.0499. The lowest BCUT2D eigenvalue weighted by Crippen LogP contribution is -2.46. The molecule has 6 atom stereocenters. The second kappa shape index (κ2) is 8.84. The fourth-order valence-corrected chi connectivity index (χ4v) is 7.00. The number of halogens is 1. The zero-order valence-electron chi connectivity index (χ0n) is 17.4. The first-order chi connectivity index (χ1) is 15.5. The van der Waals surface area contributed by atoms with Crippen LogP contribution < -0.4 is 16.4 Å². The molecule has 2 aliphatic carbocycles. The number of aliphatic hydroxyl groups excluding tert-OH is 1. The number of carbonyl (C=O) groups excluding carboxylic acids is 1. The molecule has 2 fully saturated rings. The minimum atomic E-state index is -0.566. The summed E-state index contributed by atoms with van der Waals surface area (Å²) in [6.45, 7) is 0.198. The quantitative estimate of drug-likeness (QED) is 0.550. The highest BCUT2D eigenvalue weighted by Crippen LogP contribution is 2.54. The van der Waals surface area contributed by atoms with E-state index in [0.29, 0.717) is 11.0 Å². The molecule has 1 amide bonds. The summed E-state index contributed by atoms with van der Waals surface area (Å²) in [6.07, 6.45) is 2.70. The van der Waals surface area contributed by atoms with Crippen LogP contribution in [0.15, 0.2) is 30.5 Å². The monoisotopic (exact) mass is 459 g/mol. The number of primary amides is 1. The van der Waals surface area contributed by atoms with E-state index in [4.69, 9.17) is 10.5 Å². The minimum Gasteiger partial charge on any atom is -0.394 e. The molecule has 170 valence electrons. The van der Waals surface area contributed by atoms with Crippen molar-refractivity contribution in [1.29, 1.82) is 0 Å². The van der Waals surface area contributed by atoms with Gasteiger partial charge in [-0.3, -0.25) is 4.79 Å². The van der Waals surface area contributed by atoms with Crippen molar-refractivity contribution in [2.45, 2.75) is 30.2 Å². The van der Waals surface area contributed by atoms with E-state index in [1.807, 2.05) is 36.0 Å². The second-order valence-corrected chi connectivity index (χ2v) is 9.86. The molecule has 2 unspecified atom stereocenters. The molecule has 10 heteroatoms. The van der Waals surface area contributed by atoms with Gasteiger partial charge in [0, 0.05) is 22.7 Å². The topological polar surface area (TPSA) is 122 Å². The first kappa shape index (κ1) is 21.4. The van der Waals surface area contributed by atoms with Crippen LogP contribution in [0.2, 0.25) is 0 Å². The number of hydrogen-bond donors (Lipinski definition) is 4. The molecule has 2 saturated carbocycles. The average molecular weight is 460 g/mol. The molecule has 1 aromatic carbocycles.